The number of esters is 3. The maximum Gasteiger partial charge on any atom is 0.334 e. The Morgan fingerprint density at radius 1 is 1.00 bits per heavy atom. The quantitative estimate of drug-likeness (QED) is 0.167. The Morgan fingerprint density at radius 2 is 1.59 bits per heavy atom. The number of epoxide rings is 1. The number of carbonyl (C=O) groups excluding carboxylic acids is 4. The summed E-state index contributed by atoms with van der Waals surface area (Å²) < 4.78 is 30.1. The maximum atomic E-state index is 14.3. The van der Waals surface area contributed by atoms with E-state index in [0.29, 0.717) is 17.6 Å². The summed E-state index contributed by atoms with van der Waals surface area (Å²) in [7, 11) is 1.57. The molecule has 3 aliphatic carbocycles. The van der Waals surface area contributed by atoms with Gasteiger partial charge in [-0.05, 0) is 50.2 Å². The van der Waals surface area contributed by atoms with Gasteiger partial charge in [-0.15, -0.1) is 0 Å². The number of Topliss-reactive ketones (excluding diaryl/α,β-unsaturated/α-hetero) is 1. The molecule has 0 aromatic rings. The molecule has 1 saturated heterocycles. The monoisotopic (exact) mass is 546 g/mol. The number of ketones is 1. The summed E-state index contributed by atoms with van der Waals surface area (Å²) >= 11 is 0. The molecule has 39 heavy (non-hydrogen) atoms. The lowest BCUT2D eigenvalue weighted by Crippen LogP contribution is -2.43. The van der Waals surface area contributed by atoms with Crippen molar-refractivity contribution in [3.05, 3.63) is 23.3 Å². The van der Waals surface area contributed by atoms with E-state index < -0.39 is 59.4 Å². The predicted molar refractivity (Wildman–Crippen MR) is 140 cm³/mol. The van der Waals surface area contributed by atoms with E-state index in [4.69, 9.17) is 23.7 Å². The van der Waals surface area contributed by atoms with Gasteiger partial charge in [-0.1, -0.05) is 33.8 Å². The molecular formula is C30H42O9. The molecule has 2 saturated carbocycles. The highest BCUT2D eigenvalue weighted by Crippen LogP contribution is 2.68. The molecule has 4 aliphatic rings. The Kier molecular flexibility index (Phi) is 7.43. The summed E-state index contributed by atoms with van der Waals surface area (Å²) in [6, 6.07) is 0. The number of carbonyl (C=O) groups is 4. The lowest BCUT2D eigenvalue weighted by atomic mass is 9.80. The van der Waals surface area contributed by atoms with Crippen molar-refractivity contribution in [2.75, 3.05) is 7.11 Å². The van der Waals surface area contributed by atoms with Gasteiger partial charge in [-0.3, -0.25) is 14.4 Å². The van der Waals surface area contributed by atoms with Crippen LogP contribution in [0.25, 0.3) is 0 Å². The predicted octanol–water partition coefficient (Wildman–Crippen LogP) is 3.73. The van der Waals surface area contributed by atoms with Crippen molar-refractivity contribution in [1.82, 2.24) is 0 Å². The second-order valence-corrected chi connectivity index (χ2v) is 12.4. The second-order valence-electron chi connectivity index (χ2n) is 12.4. The van der Waals surface area contributed by atoms with Crippen LogP contribution in [0.2, 0.25) is 0 Å². The SMILES string of the molecule is C/C=C(\C)C(=O)O[C@@H]1/C(C)=C/[C@@]23O[C@@]2(C[C@H](C)[C@@H]3OC(C)=O)C(=O)[C@@H](C)[C@@H](OC(C)=O)[C@@H]2[C@H]([C@H]1OC)C2(C)C. The summed E-state index contributed by atoms with van der Waals surface area (Å²) in [5.41, 5.74) is -1.77. The van der Waals surface area contributed by atoms with Gasteiger partial charge in [0, 0.05) is 38.4 Å². The molecule has 9 nitrogen and oxygen atoms in total. The Morgan fingerprint density at radius 3 is 2.13 bits per heavy atom. The molecule has 1 heterocycles. The number of hydrogen-bond acceptors (Lipinski definition) is 9. The highest BCUT2D eigenvalue weighted by molar-refractivity contribution is 5.96. The van der Waals surface area contributed by atoms with Crippen molar-refractivity contribution in [1.29, 1.82) is 0 Å². The molecule has 0 unspecified atom stereocenters. The average Bonchev–Trinajstić information content (AvgIpc) is 3.64. The van der Waals surface area contributed by atoms with Gasteiger partial charge in [-0.25, -0.2) is 4.79 Å². The van der Waals surface area contributed by atoms with Crippen LogP contribution in [-0.2, 0) is 42.9 Å². The van der Waals surface area contributed by atoms with Gasteiger partial charge in [0.05, 0.1) is 5.92 Å². The van der Waals surface area contributed by atoms with Gasteiger partial charge in [0.25, 0.3) is 0 Å². The van der Waals surface area contributed by atoms with E-state index >= 15 is 0 Å². The number of rotatable bonds is 5. The van der Waals surface area contributed by atoms with Gasteiger partial charge in [-0.2, -0.15) is 0 Å². The normalized spacial score (nSPS) is 43.9. The van der Waals surface area contributed by atoms with E-state index in [2.05, 4.69) is 0 Å². The number of methoxy groups -OCH3 is 1. The molecule has 0 amide bonds. The van der Waals surface area contributed by atoms with E-state index in [1.807, 2.05) is 27.7 Å². The first-order valence-electron chi connectivity index (χ1n) is 13.7. The van der Waals surface area contributed by atoms with Gasteiger partial charge in [0.15, 0.2) is 17.0 Å². The van der Waals surface area contributed by atoms with Crippen molar-refractivity contribution in [2.24, 2.45) is 29.1 Å². The minimum atomic E-state index is -1.25. The molecule has 0 N–H and O–H groups in total. The van der Waals surface area contributed by atoms with Crippen LogP contribution in [0.5, 0.6) is 0 Å². The highest BCUT2D eigenvalue weighted by atomic mass is 16.7. The lowest BCUT2D eigenvalue weighted by Gasteiger charge is -2.30. The van der Waals surface area contributed by atoms with Crippen molar-refractivity contribution >= 4 is 23.7 Å². The second kappa shape index (κ2) is 9.84. The first-order valence-corrected chi connectivity index (χ1v) is 13.7. The molecule has 0 bridgehead atoms. The average molecular weight is 547 g/mol. The molecular weight excluding hydrogens is 504 g/mol. The van der Waals surface area contributed by atoms with Gasteiger partial charge >= 0.3 is 17.9 Å². The number of allylic oxidation sites excluding steroid dienone is 1. The van der Waals surface area contributed by atoms with Crippen LogP contribution in [0.4, 0.5) is 0 Å². The molecule has 4 rings (SSSR count). The third-order valence-electron chi connectivity index (χ3n) is 9.54. The highest BCUT2D eigenvalue weighted by Gasteiger charge is 2.84. The minimum Gasteiger partial charge on any atom is -0.461 e. The van der Waals surface area contributed by atoms with Crippen molar-refractivity contribution in [3.63, 3.8) is 0 Å². The molecule has 1 aliphatic heterocycles. The van der Waals surface area contributed by atoms with Crippen LogP contribution in [-0.4, -0.2) is 66.4 Å². The summed E-state index contributed by atoms with van der Waals surface area (Å²) in [6.45, 7) is 15.7. The zero-order chi connectivity index (χ0) is 29.2. The number of fused-ring (bicyclic) bond motifs is 1. The fraction of sp³-hybridized carbons (Fsp3) is 0.733. The lowest BCUT2D eigenvalue weighted by molar-refractivity contribution is -0.154. The molecule has 216 valence electrons. The first kappa shape index (κ1) is 29.5. The van der Waals surface area contributed by atoms with E-state index in [0.717, 1.165) is 0 Å². The van der Waals surface area contributed by atoms with Crippen molar-refractivity contribution < 1.29 is 42.9 Å². The third kappa shape index (κ3) is 4.46. The van der Waals surface area contributed by atoms with Crippen LogP contribution >= 0.6 is 0 Å². The molecule has 10 atom stereocenters. The van der Waals surface area contributed by atoms with E-state index in [1.54, 1.807) is 40.0 Å². The summed E-state index contributed by atoms with van der Waals surface area (Å²) in [5.74, 6) is -2.90. The standard InChI is InChI=1S/C30H42O9/c1-11-14(2)27(34)38-22-15(3)12-30-26(37-19(7)32)16(4)13-29(30,39-30)25(33)17(5)23(36-18(6)31)20-21(24(22)35-10)28(20,8)9/h11-12,16-17,20-24,26H,13H2,1-10H3/b14-11+,15-12+/t16-,17-,20-,21+,22+,23+,24+,26-,29-,30-/m0/s1. The van der Waals surface area contributed by atoms with E-state index in [-0.39, 0.29) is 29.0 Å². The van der Waals surface area contributed by atoms with Crippen molar-refractivity contribution in [3.8, 4) is 0 Å². The van der Waals surface area contributed by atoms with E-state index in [1.165, 1.54) is 13.8 Å². The fourth-order valence-corrected chi connectivity index (χ4v) is 7.48. The Hall–Kier alpha value is -2.52. The van der Waals surface area contributed by atoms with E-state index in [9.17, 15) is 19.2 Å². The van der Waals surface area contributed by atoms with Crippen molar-refractivity contribution in [2.45, 2.75) is 104 Å². The fourth-order valence-electron chi connectivity index (χ4n) is 7.48. The largest absolute Gasteiger partial charge is 0.461 e. The smallest absolute Gasteiger partial charge is 0.334 e. The molecule has 0 spiro atoms. The number of ether oxygens (including phenoxy) is 5. The van der Waals surface area contributed by atoms with Crippen LogP contribution in [0.1, 0.15) is 68.7 Å². The topological polar surface area (TPSA) is 118 Å². The maximum absolute atomic E-state index is 14.3. The van der Waals surface area contributed by atoms with Crippen LogP contribution in [0.15, 0.2) is 23.3 Å². The Bertz CT molecular complexity index is 1140. The molecule has 0 aromatic carbocycles. The Labute approximate surface area is 230 Å². The van der Waals surface area contributed by atoms with Gasteiger partial charge in [0.2, 0.25) is 0 Å². The minimum absolute atomic E-state index is 0.174. The first-order chi connectivity index (χ1) is 18.1. The van der Waals surface area contributed by atoms with Gasteiger partial charge in [0.1, 0.15) is 24.4 Å². The van der Waals surface area contributed by atoms with Crippen LogP contribution in [0.3, 0.4) is 0 Å². The van der Waals surface area contributed by atoms with Crippen LogP contribution in [0, 0.1) is 29.1 Å². The molecule has 3 fully saturated rings. The zero-order valence-electron chi connectivity index (χ0n) is 24.7. The molecule has 0 aromatic heterocycles. The summed E-state index contributed by atoms with van der Waals surface area (Å²) in [6.07, 6.45) is 0.965. The third-order valence-corrected chi connectivity index (χ3v) is 9.54. The summed E-state index contributed by atoms with van der Waals surface area (Å²) in [4.78, 5) is 51.7. The Balaban J connectivity index is 1.92. The van der Waals surface area contributed by atoms with Crippen LogP contribution < -0.4 is 0 Å². The number of hydrogen-bond donors (Lipinski definition) is 0. The van der Waals surface area contributed by atoms with Gasteiger partial charge < -0.3 is 23.7 Å². The molecule has 0 radical (unpaired) electrons. The zero-order valence-corrected chi connectivity index (χ0v) is 24.7. The molecule has 9 heteroatoms. The summed E-state index contributed by atoms with van der Waals surface area (Å²) in [5, 5.41) is 0.